The fourth-order valence-electron chi connectivity index (χ4n) is 2.42. The lowest BCUT2D eigenvalue weighted by atomic mass is 9.91. The Bertz CT molecular complexity index is 360. The normalized spacial score (nSPS) is 15.5. The number of rotatable bonds is 8. The lowest BCUT2D eigenvalue weighted by Gasteiger charge is -2.37. The van der Waals surface area contributed by atoms with Crippen molar-refractivity contribution in [2.75, 3.05) is 26.3 Å². The monoisotopic (exact) mass is 263 g/mol. The number of hydrogen-bond donors (Lipinski definition) is 1. The van der Waals surface area contributed by atoms with Gasteiger partial charge in [-0.3, -0.25) is 4.90 Å². The minimum Gasteiger partial charge on any atom is -0.492 e. The largest absolute Gasteiger partial charge is 0.492 e. The third kappa shape index (κ3) is 4.51. The summed E-state index contributed by atoms with van der Waals surface area (Å²) < 4.78 is 5.79. The fourth-order valence-corrected chi connectivity index (χ4v) is 2.42. The molecule has 1 fully saturated rings. The van der Waals surface area contributed by atoms with Crippen molar-refractivity contribution in [2.24, 2.45) is 0 Å². The summed E-state index contributed by atoms with van der Waals surface area (Å²) in [6.45, 7) is 5.03. The van der Waals surface area contributed by atoms with Gasteiger partial charge in [-0.25, -0.2) is 0 Å². The van der Waals surface area contributed by atoms with Crippen LogP contribution in [0.4, 0.5) is 0 Å². The van der Waals surface area contributed by atoms with Gasteiger partial charge in [-0.05, 0) is 38.3 Å². The molecule has 0 saturated heterocycles. The Labute approximate surface area is 116 Å². The molecule has 1 N–H and O–H groups in total. The van der Waals surface area contributed by atoms with Gasteiger partial charge in [0.25, 0.3) is 0 Å². The van der Waals surface area contributed by atoms with Crippen LogP contribution in [0.3, 0.4) is 0 Å². The van der Waals surface area contributed by atoms with Gasteiger partial charge in [0.1, 0.15) is 12.4 Å². The van der Waals surface area contributed by atoms with E-state index in [1.54, 1.807) is 0 Å². The highest BCUT2D eigenvalue weighted by molar-refractivity contribution is 5.26. The molecule has 106 valence electrons. The Morgan fingerprint density at radius 3 is 2.53 bits per heavy atom. The van der Waals surface area contributed by atoms with Crippen LogP contribution in [-0.2, 0) is 0 Å². The molecule has 19 heavy (non-hydrogen) atoms. The predicted octanol–water partition coefficient (Wildman–Crippen LogP) is 2.61. The molecular weight excluding hydrogens is 238 g/mol. The maximum Gasteiger partial charge on any atom is 0.119 e. The number of ether oxygens (including phenoxy) is 1. The first kappa shape index (κ1) is 14.4. The van der Waals surface area contributed by atoms with E-state index in [1.807, 2.05) is 12.1 Å². The van der Waals surface area contributed by atoms with Crippen molar-refractivity contribution in [2.45, 2.75) is 38.6 Å². The molecule has 3 heteroatoms. The van der Waals surface area contributed by atoms with Gasteiger partial charge in [-0.2, -0.15) is 0 Å². The third-order valence-corrected chi connectivity index (χ3v) is 3.86. The highest BCUT2D eigenvalue weighted by Gasteiger charge is 2.24. The smallest absolute Gasteiger partial charge is 0.119 e. The second-order valence-corrected chi connectivity index (χ2v) is 5.36. The van der Waals surface area contributed by atoms with Crippen LogP contribution in [0.25, 0.3) is 0 Å². The topological polar surface area (TPSA) is 32.7 Å². The Morgan fingerprint density at radius 2 is 1.95 bits per heavy atom. The quantitative estimate of drug-likeness (QED) is 0.782. The van der Waals surface area contributed by atoms with Gasteiger partial charge in [-0.15, -0.1) is 0 Å². The zero-order valence-electron chi connectivity index (χ0n) is 11.8. The van der Waals surface area contributed by atoms with E-state index in [4.69, 9.17) is 9.84 Å². The molecule has 0 aliphatic heterocycles. The fraction of sp³-hybridized carbons (Fsp3) is 0.625. The van der Waals surface area contributed by atoms with Crippen LogP contribution < -0.4 is 4.74 Å². The summed E-state index contributed by atoms with van der Waals surface area (Å²) in [5.74, 6) is 0.946. The predicted molar refractivity (Wildman–Crippen MR) is 77.6 cm³/mol. The summed E-state index contributed by atoms with van der Waals surface area (Å²) in [6.07, 6.45) is 4.81. The second kappa shape index (κ2) is 7.51. The summed E-state index contributed by atoms with van der Waals surface area (Å²) in [5, 5.41) is 8.96. The molecular formula is C16H25NO2. The first-order valence-corrected chi connectivity index (χ1v) is 7.34. The van der Waals surface area contributed by atoms with Crippen molar-refractivity contribution in [3.8, 4) is 5.75 Å². The molecule has 0 spiro atoms. The molecule has 0 atom stereocenters. The van der Waals surface area contributed by atoms with Crippen LogP contribution in [0.5, 0.6) is 5.75 Å². The summed E-state index contributed by atoms with van der Waals surface area (Å²) in [4.78, 5) is 2.47. The molecule has 0 aromatic heterocycles. The minimum absolute atomic E-state index is 0.280. The molecule has 0 unspecified atom stereocenters. The van der Waals surface area contributed by atoms with Crippen molar-refractivity contribution in [1.29, 1.82) is 0 Å². The molecule has 1 saturated carbocycles. The van der Waals surface area contributed by atoms with Gasteiger partial charge in [0, 0.05) is 25.7 Å². The van der Waals surface area contributed by atoms with Crippen molar-refractivity contribution in [3.63, 3.8) is 0 Å². The molecule has 1 aromatic rings. The molecule has 1 aromatic carbocycles. The average Bonchev–Trinajstić information content (AvgIpc) is 2.36. The molecule has 0 amide bonds. The lowest BCUT2D eigenvalue weighted by molar-refractivity contribution is 0.0984. The summed E-state index contributed by atoms with van der Waals surface area (Å²) in [5.41, 5.74) is 1.26. The number of hydrogen-bond acceptors (Lipinski definition) is 3. The number of aliphatic hydroxyl groups excluding tert-OH is 1. The zero-order valence-corrected chi connectivity index (χ0v) is 11.8. The minimum atomic E-state index is 0.280. The van der Waals surface area contributed by atoms with Crippen molar-refractivity contribution in [3.05, 3.63) is 29.8 Å². The van der Waals surface area contributed by atoms with E-state index in [2.05, 4.69) is 24.0 Å². The molecule has 2 rings (SSSR count). The van der Waals surface area contributed by atoms with E-state index in [9.17, 15) is 0 Å². The van der Waals surface area contributed by atoms with E-state index in [0.29, 0.717) is 6.04 Å². The SMILES string of the molecule is Cc1ccc(OCCN(CCCO)C2CCC2)cc1. The van der Waals surface area contributed by atoms with Crippen molar-refractivity contribution >= 4 is 0 Å². The lowest BCUT2D eigenvalue weighted by Crippen LogP contribution is -2.43. The van der Waals surface area contributed by atoms with Gasteiger partial charge in [0.2, 0.25) is 0 Å². The molecule has 1 aliphatic carbocycles. The highest BCUT2D eigenvalue weighted by Crippen LogP contribution is 2.24. The van der Waals surface area contributed by atoms with E-state index in [-0.39, 0.29) is 6.61 Å². The zero-order chi connectivity index (χ0) is 13.5. The summed E-state index contributed by atoms with van der Waals surface area (Å²) >= 11 is 0. The Balaban J connectivity index is 1.73. The van der Waals surface area contributed by atoms with E-state index >= 15 is 0 Å². The van der Waals surface area contributed by atoms with Crippen LogP contribution >= 0.6 is 0 Å². The second-order valence-electron chi connectivity index (χ2n) is 5.36. The highest BCUT2D eigenvalue weighted by atomic mass is 16.5. The third-order valence-electron chi connectivity index (χ3n) is 3.86. The van der Waals surface area contributed by atoms with Crippen LogP contribution in [0.2, 0.25) is 0 Å². The summed E-state index contributed by atoms with van der Waals surface area (Å²) in [6, 6.07) is 8.91. The summed E-state index contributed by atoms with van der Waals surface area (Å²) in [7, 11) is 0. The maximum atomic E-state index is 8.96. The van der Waals surface area contributed by atoms with Gasteiger partial charge in [-0.1, -0.05) is 24.1 Å². The van der Waals surface area contributed by atoms with E-state index in [0.717, 1.165) is 31.9 Å². The molecule has 1 aliphatic rings. The molecule has 0 heterocycles. The molecule has 0 radical (unpaired) electrons. The van der Waals surface area contributed by atoms with Gasteiger partial charge < -0.3 is 9.84 Å². The molecule has 0 bridgehead atoms. The van der Waals surface area contributed by atoms with E-state index in [1.165, 1.54) is 24.8 Å². The number of aliphatic hydroxyl groups is 1. The van der Waals surface area contributed by atoms with Gasteiger partial charge >= 0.3 is 0 Å². The van der Waals surface area contributed by atoms with Gasteiger partial charge in [0.05, 0.1) is 0 Å². The Hall–Kier alpha value is -1.06. The number of aryl methyl sites for hydroxylation is 1. The first-order chi connectivity index (χ1) is 9.29. The molecule has 3 nitrogen and oxygen atoms in total. The van der Waals surface area contributed by atoms with Gasteiger partial charge in [0.15, 0.2) is 0 Å². The van der Waals surface area contributed by atoms with E-state index < -0.39 is 0 Å². The van der Waals surface area contributed by atoms with Crippen LogP contribution in [0.15, 0.2) is 24.3 Å². The van der Waals surface area contributed by atoms with Crippen LogP contribution in [-0.4, -0.2) is 42.4 Å². The Morgan fingerprint density at radius 1 is 1.21 bits per heavy atom. The van der Waals surface area contributed by atoms with Crippen molar-refractivity contribution < 1.29 is 9.84 Å². The first-order valence-electron chi connectivity index (χ1n) is 7.34. The maximum absolute atomic E-state index is 8.96. The Kier molecular flexibility index (Phi) is 5.67. The number of benzene rings is 1. The van der Waals surface area contributed by atoms with Crippen molar-refractivity contribution in [1.82, 2.24) is 4.90 Å². The van der Waals surface area contributed by atoms with Crippen LogP contribution in [0.1, 0.15) is 31.2 Å². The standard InChI is InChI=1S/C16H25NO2/c1-14-6-8-16(9-7-14)19-13-11-17(10-3-12-18)15-4-2-5-15/h6-9,15,18H,2-5,10-13H2,1H3. The number of nitrogens with zero attached hydrogens (tertiary/aromatic N) is 1. The average molecular weight is 263 g/mol. The van der Waals surface area contributed by atoms with Crippen LogP contribution in [0, 0.1) is 6.92 Å².